The van der Waals surface area contributed by atoms with Crippen molar-refractivity contribution in [1.29, 1.82) is 0 Å². The zero-order chi connectivity index (χ0) is 19.0. The van der Waals surface area contributed by atoms with Crippen molar-refractivity contribution in [2.24, 2.45) is 0 Å². The van der Waals surface area contributed by atoms with E-state index in [1.165, 1.54) is 12.3 Å². The number of carbonyl (C=O) groups excluding carboxylic acids is 1. The quantitative estimate of drug-likeness (QED) is 0.396. The molecule has 2 aromatic carbocycles. The minimum absolute atomic E-state index is 0.0222. The first kappa shape index (κ1) is 20.1. The van der Waals surface area contributed by atoms with Gasteiger partial charge in [-0.3, -0.25) is 0 Å². The van der Waals surface area contributed by atoms with E-state index in [4.69, 9.17) is 9.47 Å². The van der Waals surface area contributed by atoms with Crippen molar-refractivity contribution in [2.75, 3.05) is 7.11 Å². The number of hydrogen-bond acceptors (Lipinski definition) is 3. The van der Waals surface area contributed by atoms with E-state index in [1.54, 1.807) is 0 Å². The van der Waals surface area contributed by atoms with Gasteiger partial charge in [0.05, 0.1) is 21.8 Å². The SMILES string of the molecule is C/C=C/[C@H]([C@H](OCc1ccccc1)C(=O)OC)[Si](C)(C)c1ccccc1. The number of benzene rings is 2. The van der Waals surface area contributed by atoms with Crippen LogP contribution in [-0.2, 0) is 20.9 Å². The Morgan fingerprint density at radius 1 is 1.04 bits per heavy atom. The number of methoxy groups -OCH3 is 1. The fraction of sp³-hybridized carbons (Fsp3) is 0.318. The van der Waals surface area contributed by atoms with E-state index in [2.05, 4.69) is 43.4 Å². The summed E-state index contributed by atoms with van der Waals surface area (Å²) in [5, 5.41) is 1.29. The van der Waals surface area contributed by atoms with Crippen molar-refractivity contribution < 1.29 is 14.3 Å². The Hall–Kier alpha value is -2.17. The van der Waals surface area contributed by atoms with E-state index in [1.807, 2.05) is 49.4 Å². The topological polar surface area (TPSA) is 35.5 Å². The third-order valence-electron chi connectivity index (χ3n) is 4.78. The fourth-order valence-electron chi connectivity index (χ4n) is 3.18. The van der Waals surface area contributed by atoms with Crippen molar-refractivity contribution in [3.05, 3.63) is 78.4 Å². The molecule has 138 valence electrons. The average Bonchev–Trinajstić information content (AvgIpc) is 2.68. The highest BCUT2D eigenvalue weighted by atomic mass is 28.3. The number of rotatable bonds is 8. The zero-order valence-corrected chi connectivity index (χ0v) is 17.0. The second kappa shape index (κ2) is 9.50. The summed E-state index contributed by atoms with van der Waals surface area (Å²) in [4.78, 5) is 12.6. The molecule has 0 aromatic heterocycles. The van der Waals surface area contributed by atoms with Crippen molar-refractivity contribution in [1.82, 2.24) is 0 Å². The monoisotopic (exact) mass is 368 g/mol. The van der Waals surface area contributed by atoms with E-state index in [0.717, 1.165) is 5.56 Å². The standard InChI is InChI=1S/C22H28O3Si/c1-5-12-20(26(3,4)19-15-10-7-11-16-19)21(22(23)24-2)25-17-18-13-8-6-9-14-18/h5-16,20-21H,17H2,1-4H3/b12-5+/t20-,21+/m1/s1. The van der Waals surface area contributed by atoms with Gasteiger partial charge in [-0.2, -0.15) is 0 Å². The molecule has 0 fully saturated rings. The summed E-state index contributed by atoms with van der Waals surface area (Å²) >= 11 is 0. The average molecular weight is 369 g/mol. The lowest BCUT2D eigenvalue weighted by Gasteiger charge is -2.35. The molecule has 0 amide bonds. The second-order valence-corrected chi connectivity index (χ2v) is 11.6. The Bertz CT molecular complexity index is 711. The molecule has 26 heavy (non-hydrogen) atoms. The molecule has 0 saturated carbocycles. The van der Waals surface area contributed by atoms with Gasteiger partial charge in [0, 0.05) is 5.54 Å². The van der Waals surface area contributed by atoms with Gasteiger partial charge in [-0.25, -0.2) is 4.79 Å². The minimum Gasteiger partial charge on any atom is -0.467 e. The molecule has 2 atom stereocenters. The summed E-state index contributed by atoms with van der Waals surface area (Å²) in [5.74, 6) is -0.319. The lowest BCUT2D eigenvalue weighted by Crippen LogP contribution is -2.51. The van der Waals surface area contributed by atoms with Crippen LogP contribution in [0, 0.1) is 0 Å². The molecule has 0 aliphatic rings. The first-order valence-corrected chi connectivity index (χ1v) is 12.0. The molecule has 0 spiro atoms. The van der Waals surface area contributed by atoms with Gasteiger partial charge in [0.15, 0.2) is 6.10 Å². The molecular weight excluding hydrogens is 340 g/mol. The van der Waals surface area contributed by atoms with Gasteiger partial charge in [0.2, 0.25) is 0 Å². The van der Waals surface area contributed by atoms with Crippen LogP contribution in [0.4, 0.5) is 0 Å². The van der Waals surface area contributed by atoms with Crippen LogP contribution in [-0.4, -0.2) is 27.3 Å². The van der Waals surface area contributed by atoms with Crippen molar-refractivity contribution in [2.45, 2.75) is 38.3 Å². The van der Waals surface area contributed by atoms with Crippen LogP contribution in [0.25, 0.3) is 0 Å². The van der Waals surface area contributed by atoms with E-state index in [0.29, 0.717) is 6.61 Å². The van der Waals surface area contributed by atoms with Crippen LogP contribution in [0.1, 0.15) is 12.5 Å². The van der Waals surface area contributed by atoms with Gasteiger partial charge in [-0.15, -0.1) is 0 Å². The number of carbonyl (C=O) groups is 1. The van der Waals surface area contributed by atoms with Crippen LogP contribution >= 0.6 is 0 Å². The predicted molar refractivity (Wildman–Crippen MR) is 109 cm³/mol. The van der Waals surface area contributed by atoms with E-state index < -0.39 is 14.2 Å². The Balaban J connectivity index is 2.32. The maximum absolute atomic E-state index is 12.6. The highest BCUT2D eigenvalue weighted by Gasteiger charge is 2.41. The molecule has 0 aliphatic carbocycles. The fourth-order valence-corrected chi connectivity index (χ4v) is 6.28. The molecule has 3 nitrogen and oxygen atoms in total. The third-order valence-corrected chi connectivity index (χ3v) is 8.77. The third kappa shape index (κ3) is 4.93. The number of hydrogen-bond donors (Lipinski definition) is 0. The molecule has 2 aromatic rings. The minimum atomic E-state index is -2.02. The van der Waals surface area contributed by atoms with Gasteiger partial charge in [-0.1, -0.05) is 91.1 Å². The van der Waals surface area contributed by atoms with Crippen molar-refractivity contribution in [3.63, 3.8) is 0 Å². The summed E-state index contributed by atoms with van der Waals surface area (Å²) in [7, 11) is -0.601. The van der Waals surface area contributed by atoms with Crippen LogP contribution < -0.4 is 5.19 Å². The first-order valence-electron chi connectivity index (χ1n) is 8.92. The summed E-state index contributed by atoms with van der Waals surface area (Å²) in [5.41, 5.74) is 1.02. The van der Waals surface area contributed by atoms with Crippen LogP contribution in [0.15, 0.2) is 72.8 Å². The normalized spacial score (nSPS) is 14.2. The number of allylic oxidation sites excluding steroid dienone is 1. The molecule has 0 heterocycles. The van der Waals surface area contributed by atoms with Crippen molar-refractivity contribution in [3.8, 4) is 0 Å². The number of esters is 1. The smallest absolute Gasteiger partial charge is 0.335 e. The maximum Gasteiger partial charge on any atom is 0.335 e. The van der Waals surface area contributed by atoms with Crippen LogP contribution in [0.2, 0.25) is 18.6 Å². The molecule has 0 unspecified atom stereocenters. The summed E-state index contributed by atoms with van der Waals surface area (Å²) in [6, 6.07) is 20.3. The molecular formula is C22H28O3Si. The Kier molecular flexibility index (Phi) is 7.36. The Morgan fingerprint density at radius 2 is 1.62 bits per heavy atom. The highest BCUT2D eigenvalue weighted by molar-refractivity contribution is 6.91. The zero-order valence-electron chi connectivity index (χ0n) is 16.0. The Labute approximate surface area is 157 Å². The molecule has 0 radical (unpaired) electrons. The van der Waals surface area contributed by atoms with E-state index in [-0.39, 0.29) is 11.5 Å². The molecule has 0 bridgehead atoms. The Morgan fingerprint density at radius 3 is 2.15 bits per heavy atom. The summed E-state index contributed by atoms with van der Waals surface area (Å²) in [6.45, 7) is 6.91. The highest BCUT2D eigenvalue weighted by Crippen LogP contribution is 2.31. The maximum atomic E-state index is 12.6. The van der Waals surface area contributed by atoms with Crippen molar-refractivity contribution >= 4 is 19.2 Å². The van der Waals surface area contributed by atoms with E-state index in [9.17, 15) is 4.79 Å². The molecule has 0 saturated heterocycles. The van der Waals surface area contributed by atoms with Gasteiger partial charge in [-0.05, 0) is 12.5 Å². The van der Waals surface area contributed by atoms with E-state index >= 15 is 0 Å². The second-order valence-electron chi connectivity index (χ2n) is 6.88. The molecule has 0 aliphatic heterocycles. The lowest BCUT2D eigenvalue weighted by atomic mass is 10.2. The lowest BCUT2D eigenvalue weighted by molar-refractivity contribution is -0.154. The van der Waals surface area contributed by atoms with Gasteiger partial charge < -0.3 is 9.47 Å². The van der Waals surface area contributed by atoms with Crippen LogP contribution in [0.5, 0.6) is 0 Å². The number of ether oxygens (including phenoxy) is 2. The molecule has 4 heteroatoms. The first-order chi connectivity index (χ1) is 12.5. The van der Waals surface area contributed by atoms with Gasteiger partial charge in [0.25, 0.3) is 0 Å². The summed E-state index contributed by atoms with van der Waals surface area (Å²) in [6.07, 6.45) is 3.48. The molecule has 2 rings (SSSR count). The predicted octanol–water partition coefficient (Wildman–Crippen LogP) is 4.31. The molecule has 0 N–H and O–H groups in total. The largest absolute Gasteiger partial charge is 0.467 e. The van der Waals surface area contributed by atoms with Gasteiger partial charge in [0.1, 0.15) is 0 Å². The van der Waals surface area contributed by atoms with Gasteiger partial charge >= 0.3 is 5.97 Å². The van der Waals surface area contributed by atoms with Crippen LogP contribution in [0.3, 0.4) is 0 Å². The summed E-state index contributed by atoms with van der Waals surface area (Å²) < 4.78 is 11.2.